The lowest BCUT2D eigenvalue weighted by Gasteiger charge is -2.11. The molecule has 0 N–H and O–H groups in total. The third-order valence-electron chi connectivity index (χ3n) is 1.49. The van der Waals surface area contributed by atoms with E-state index in [1.54, 1.807) is 0 Å². The maximum absolute atomic E-state index is 11.8. The third kappa shape index (κ3) is 0.903. The fourth-order valence-corrected chi connectivity index (χ4v) is 0.644. The Labute approximate surface area is 54.5 Å². The smallest absolute Gasteiger partial charge is 0.170 e. The number of hydrogen-bond acceptors (Lipinski definition) is 1. The number of rotatable bonds is 1. The van der Waals surface area contributed by atoms with E-state index in [4.69, 9.17) is 5.53 Å². The van der Waals surface area contributed by atoms with Crippen LogP contribution in [0, 0.1) is 0 Å². The monoisotopic (exact) mass is 151 g/mol. The van der Waals surface area contributed by atoms with Crippen molar-refractivity contribution in [2.24, 2.45) is 5.11 Å². The normalized spacial score (nSPS) is 21.5. The van der Waals surface area contributed by atoms with Gasteiger partial charge in [-0.1, -0.05) is 5.11 Å². The molecule has 0 aromatic carbocycles. The molecule has 0 heterocycles. The summed E-state index contributed by atoms with van der Waals surface area (Å²) in [5, 5.41) is 2.69. The Kier molecular flexibility index (Phi) is 1.29. The molecule has 0 aliphatic heterocycles. The third-order valence-corrected chi connectivity index (χ3v) is 1.49. The predicted molar refractivity (Wildman–Crippen MR) is 27.2 cm³/mol. The molecule has 0 unspecified atom stereocenters. The van der Waals surface area contributed by atoms with Crippen molar-refractivity contribution in [3.63, 3.8) is 0 Å². The standard InChI is InChI=1S/C4H4F3N3/c5-4(6,7)3(1-2-3)9-10-8/h1-2H2. The van der Waals surface area contributed by atoms with Crippen molar-refractivity contribution in [3.05, 3.63) is 10.4 Å². The minimum Gasteiger partial charge on any atom is -0.170 e. The molecule has 0 amide bonds. The molecule has 0 bridgehead atoms. The molecule has 0 atom stereocenters. The van der Waals surface area contributed by atoms with Gasteiger partial charge in [-0.15, -0.1) is 0 Å². The summed E-state index contributed by atoms with van der Waals surface area (Å²) in [4.78, 5) is 2.14. The highest BCUT2D eigenvalue weighted by Gasteiger charge is 2.63. The quantitative estimate of drug-likeness (QED) is 0.314. The Hall–Kier alpha value is -0.900. The summed E-state index contributed by atoms with van der Waals surface area (Å²) in [6, 6.07) is 0. The van der Waals surface area contributed by atoms with Gasteiger partial charge in [-0.2, -0.15) is 13.2 Å². The van der Waals surface area contributed by atoms with E-state index >= 15 is 0 Å². The summed E-state index contributed by atoms with van der Waals surface area (Å²) in [7, 11) is 0. The molecule has 0 spiro atoms. The lowest BCUT2D eigenvalue weighted by atomic mass is 10.3. The molecule has 1 aliphatic rings. The summed E-state index contributed by atoms with van der Waals surface area (Å²) in [6.07, 6.45) is -4.50. The zero-order valence-electron chi connectivity index (χ0n) is 4.89. The van der Waals surface area contributed by atoms with Crippen LogP contribution < -0.4 is 0 Å². The van der Waals surface area contributed by atoms with Crippen LogP contribution in [0.4, 0.5) is 13.2 Å². The highest BCUT2D eigenvalue weighted by Crippen LogP contribution is 2.52. The lowest BCUT2D eigenvalue weighted by molar-refractivity contribution is -0.156. The molecule has 1 fully saturated rings. The van der Waals surface area contributed by atoms with Gasteiger partial charge >= 0.3 is 6.18 Å². The van der Waals surface area contributed by atoms with E-state index in [-0.39, 0.29) is 12.8 Å². The molecular formula is C4H4F3N3. The Morgan fingerprint density at radius 2 is 1.90 bits per heavy atom. The molecule has 0 radical (unpaired) electrons. The Morgan fingerprint density at radius 3 is 2.00 bits per heavy atom. The number of alkyl halides is 3. The van der Waals surface area contributed by atoms with Crippen LogP contribution >= 0.6 is 0 Å². The van der Waals surface area contributed by atoms with Gasteiger partial charge in [0, 0.05) is 4.91 Å². The molecule has 6 heteroatoms. The second-order valence-electron chi connectivity index (χ2n) is 2.22. The minimum atomic E-state index is -4.36. The number of nitrogens with zero attached hydrogens (tertiary/aromatic N) is 3. The maximum Gasteiger partial charge on any atom is 0.400 e. The van der Waals surface area contributed by atoms with Gasteiger partial charge in [0.15, 0.2) is 0 Å². The zero-order valence-corrected chi connectivity index (χ0v) is 4.89. The minimum absolute atomic E-state index is 0.0689. The zero-order chi connectivity index (χ0) is 7.83. The second kappa shape index (κ2) is 1.79. The Bertz CT molecular complexity index is 186. The summed E-state index contributed by atoms with van der Waals surface area (Å²) in [5.41, 5.74) is 5.71. The van der Waals surface area contributed by atoms with Gasteiger partial charge in [-0.3, -0.25) is 0 Å². The number of azide groups is 1. The van der Waals surface area contributed by atoms with Gasteiger partial charge in [0.2, 0.25) is 0 Å². The van der Waals surface area contributed by atoms with E-state index < -0.39 is 11.7 Å². The Balaban J connectivity index is 2.79. The molecule has 10 heavy (non-hydrogen) atoms. The van der Waals surface area contributed by atoms with Crippen molar-refractivity contribution >= 4 is 0 Å². The van der Waals surface area contributed by atoms with Gasteiger partial charge in [-0.25, -0.2) is 0 Å². The molecular weight excluding hydrogens is 147 g/mol. The van der Waals surface area contributed by atoms with Crippen molar-refractivity contribution in [3.8, 4) is 0 Å². The van der Waals surface area contributed by atoms with Gasteiger partial charge in [0.25, 0.3) is 0 Å². The second-order valence-corrected chi connectivity index (χ2v) is 2.22. The molecule has 0 saturated heterocycles. The van der Waals surface area contributed by atoms with E-state index in [2.05, 4.69) is 10.0 Å². The fourth-order valence-electron chi connectivity index (χ4n) is 0.644. The molecule has 3 nitrogen and oxygen atoms in total. The predicted octanol–water partition coefficient (Wildman–Crippen LogP) is 2.39. The lowest BCUT2D eigenvalue weighted by Crippen LogP contribution is -2.28. The highest BCUT2D eigenvalue weighted by molar-refractivity contribution is 5.08. The van der Waals surface area contributed by atoms with E-state index in [0.717, 1.165) is 0 Å². The van der Waals surface area contributed by atoms with E-state index in [1.165, 1.54) is 0 Å². The first-order valence-electron chi connectivity index (χ1n) is 2.65. The SMILES string of the molecule is [N-]=[N+]=NC1(C(F)(F)F)CC1. The van der Waals surface area contributed by atoms with Crippen LogP contribution in [0.3, 0.4) is 0 Å². The summed E-state index contributed by atoms with van der Waals surface area (Å²) < 4.78 is 35.5. The number of hydrogen-bond donors (Lipinski definition) is 0. The first-order chi connectivity index (χ1) is 4.52. The highest BCUT2D eigenvalue weighted by atomic mass is 19.4. The van der Waals surface area contributed by atoms with Gasteiger partial charge in [0.05, 0.1) is 0 Å². The van der Waals surface area contributed by atoms with Crippen molar-refractivity contribution in [1.29, 1.82) is 0 Å². The van der Waals surface area contributed by atoms with Crippen LogP contribution in [0.25, 0.3) is 10.4 Å². The van der Waals surface area contributed by atoms with Gasteiger partial charge in [0.1, 0.15) is 5.54 Å². The molecule has 1 aliphatic carbocycles. The maximum atomic E-state index is 11.8. The largest absolute Gasteiger partial charge is 0.400 e. The fraction of sp³-hybridized carbons (Fsp3) is 1.00. The number of halogens is 3. The van der Waals surface area contributed by atoms with Crippen LogP contribution in [0.5, 0.6) is 0 Å². The first-order valence-corrected chi connectivity index (χ1v) is 2.65. The Morgan fingerprint density at radius 1 is 1.40 bits per heavy atom. The van der Waals surface area contributed by atoms with Gasteiger partial charge < -0.3 is 0 Å². The molecule has 56 valence electrons. The van der Waals surface area contributed by atoms with Crippen LogP contribution in [0.15, 0.2) is 5.11 Å². The van der Waals surface area contributed by atoms with Crippen LogP contribution in [-0.2, 0) is 0 Å². The van der Waals surface area contributed by atoms with Crippen LogP contribution in [0.2, 0.25) is 0 Å². The van der Waals surface area contributed by atoms with Crippen molar-refractivity contribution in [1.82, 2.24) is 0 Å². The van der Waals surface area contributed by atoms with Gasteiger partial charge in [-0.05, 0) is 18.4 Å². The molecule has 1 saturated carbocycles. The molecule has 0 aromatic rings. The van der Waals surface area contributed by atoms with Crippen LogP contribution in [0.1, 0.15) is 12.8 Å². The summed E-state index contributed by atoms with van der Waals surface area (Å²) in [6.45, 7) is 0. The van der Waals surface area contributed by atoms with E-state index in [9.17, 15) is 13.2 Å². The van der Waals surface area contributed by atoms with Crippen molar-refractivity contribution < 1.29 is 13.2 Å². The average molecular weight is 151 g/mol. The van der Waals surface area contributed by atoms with E-state index in [0.29, 0.717) is 0 Å². The average Bonchev–Trinajstić information content (AvgIpc) is 2.45. The van der Waals surface area contributed by atoms with E-state index in [1.807, 2.05) is 0 Å². The summed E-state index contributed by atoms with van der Waals surface area (Å²) in [5.74, 6) is 0. The first kappa shape index (κ1) is 7.21. The molecule has 0 aromatic heterocycles. The van der Waals surface area contributed by atoms with Crippen molar-refractivity contribution in [2.75, 3.05) is 0 Å². The van der Waals surface area contributed by atoms with Crippen LogP contribution in [-0.4, -0.2) is 11.7 Å². The topological polar surface area (TPSA) is 48.8 Å². The van der Waals surface area contributed by atoms with Crippen molar-refractivity contribution in [2.45, 2.75) is 24.6 Å². The molecule has 1 rings (SSSR count). The summed E-state index contributed by atoms with van der Waals surface area (Å²) >= 11 is 0.